The van der Waals surface area contributed by atoms with Crippen molar-refractivity contribution < 1.29 is 9.26 Å². The summed E-state index contributed by atoms with van der Waals surface area (Å²) in [6.07, 6.45) is 1.29. The van der Waals surface area contributed by atoms with Gasteiger partial charge in [-0.25, -0.2) is 0 Å². The summed E-state index contributed by atoms with van der Waals surface area (Å²) in [5, 5.41) is 6.82. The first-order valence-electron chi connectivity index (χ1n) is 5.31. The molecular formula is C11H14N4O2. The zero-order valence-electron chi connectivity index (χ0n) is 9.51. The molecule has 6 heteroatoms. The molecule has 0 radical (unpaired) electrons. The number of para-hydroxylation sites is 1. The molecule has 0 atom stereocenters. The highest BCUT2D eigenvalue weighted by atomic mass is 16.5. The third-order valence-electron chi connectivity index (χ3n) is 2.21. The SMILES string of the molecule is CCOc1cccc(NCc2ncon2)c1N. The van der Waals surface area contributed by atoms with Crippen LogP contribution in [0.15, 0.2) is 29.1 Å². The van der Waals surface area contributed by atoms with Gasteiger partial charge in [0.2, 0.25) is 6.39 Å². The van der Waals surface area contributed by atoms with Crippen molar-refractivity contribution >= 4 is 11.4 Å². The van der Waals surface area contributed by atoms with Crippen LogP contribution in [0.3, 0.4) is 0 Å². The predicted molar refractivity (Wildman–Crippen MR) is 63.6 cm³/mol. The Morgan fingerprint density at radius 1 is 1.47 bits per heavy atom. The lowest BCUT2D eigenvalue weighted by Crippen LogP contribution is -2.05. The second-order valence-corrected chi connectivity index (χ2v) is 3.35. The number of ether oxygens (including phenoxy) is 1. The molecular weight excluding hydrogens is 220 g/mol. The van der Waals surface area contributed by atoms with E-state index in [1.807, 2.05) is 25.1 Å². The normalized spacial score (nSPS) is 10.2. The largest absolute Gasteiger partial charge is 0.492 e. The van der Waals surface area contributed by atoms with Gasteiger partial charge < -0.3 is 20.3 Å². The average Bonchev–Trinajstić information content (AvgIpc) is 2.83. The summed E-state index contributed by atoms with van der Waals surface area (Å²) in [7, 11) is 0. The fraction of sp³-hybridized carbons (Fsp3) is 0.273. The Bertz CT molecular complexity index is 470. The van der Waals surface area contributed by atoms with Crippen LogP contribution in [0.2, 0.25) is 0 Å². The van der Waals surface area contributed by atoms with Crippen molar-refractivity contribution in [3.63, 3.8) is 0 Å². The zero-order chi connectivity index (χ0) is 12.1. The number of anilines is 2. The highest BCUT2D eigenvalue weighted by Gasteiger charge is 2.06. The van der Waals surface area contributed by atoms with Gasteiger partial charge in [-0.05, 0) is 19.1 Å². The van der Waals surface area contributed by atoms with E-state index in [2.05, 4.69) is 20.0 Å². The lowest BCUT2D eigenvalue weighted by Gasteiger charge is -2.11. The van der Waals surface area contributed by atoms with Crippen LogP contribution in [0.4, 0.5) is 11.4 Å². The van der Waals surface area contributed by atoms with Gasteiger partial charge in [-0.15, -0.1) is 0 Å². The Hall–Kier alpha value is -2.24. The highest BCUT2D eigenvalue weighted by Crippen LogP contribution is 2.29. The number of nitrogens with two attached hydrogens (primary N) is 1. The number of aromatic nitrogens is 2. The maximum absolute atomic E-state index is 5.96. The number of hydrogen-bond donors (Lipinski definition) is 2. The van der Waals surface area contributed by atoms with E-state index in [9.17, 15) is 0 Å². The summed E-state index contributed by atoms with van der Waals surface area (Å²) in [6, 6.07) is 5.58. The molecule has 1 heterocycles. The second-order valence-electron chi connectivity index (χ2n) is 3.35. The van der Waals surface area contributed by atoms with Crippen molar-refractivity contribution in [2.75, 3.05) is 17.7 Å². The molecule has 0 aliphatic heterocycles. The Morgan fingerprint density at radius 2 is 2.35 bits per heavy atom. The average molecular weight is 234 g/mol. The molecule has 0 saturated carbocycles. The van der Waals surface area contributed by atoms with Gasteiger partial charge in [0.1, 0.15) is 5.75 Å². The van der Waals surface area contributed by atoms with Crippen LogP contribution in [-0.2, 0) is 6.54 Å². The van der Waals surface area contributed by atoms with Gasteiger partial charge in [-0.1, -0.05) is 11.2 Å². The molecule has 0 saturated heterocycles. The molecule has 0 aliphatic carbocycles. The van der Waals surface area contributed by atoms with Crippen molar-refractivity contribution in [3.05, 3.63) is 30.4 Å². The summed E-state index contributed by atoms with van der Waals surface area (Å²) in [5.41, 5.74) is 7.33. The van der Waals surface area contributed by atoms with Crippen LogP contribution in [0.25, 0.3) is 0 Å². The maximum Gasteiger partial charge on any atom is 0.213 e. The number of rotatable bonds is 5. The Morgan fingerprint density at radius 3 is 3.06 bits per heavy atom. The highest BCUT2D eigenvalue weighted by molar-refractivity contribution is 5.72. The second kappa shape index (κ2) is 5.20. The van der Waals surface area contributed by atoms with Gasteiger partial charge in [0.15, 0.2) is 5.82 Å². The number of nitrogen functional groups attached to an aromatic ring is 1. The number of nitrogens with one attached hydrogen (secondary N) is 1. The van der Waals surface area contributed by atoms with Gasteiger partial charge >= 0.3 is 0 Å². The summed E-state index contributed by atoms with van der Waals surface area (Å²) in [4.78, 5) is 3.91. The van der Waals surface area contributed by atoms with E-state index >= 15 is 0 Å². The summed E-state index contributed by atoms with van der Waals surface area (Å²) < 4.78 is 10.0. The number of hydrogen-bond acceptors (Lipinski definition) is 6. The zero-order valence-corrected chi connectivity index (χ0v) is 9.51. The number of benzene rings is 1. The molecule has 0 fully saturated rings. The van der Waals surface area contributed by atoms with Crippen LogP contribution >= 0.6 is 0 Å². The molecule has 1 aromatic heterocycles. The van der Waals surface area contributed by atoms with Crippen molar-refractivity contribution in [3.8, 4) is 5.75 Å². The minimum absolute atomic E-state index is 0.455. The first-order chi connectivity index (χ1) is 8.31. The van der Waals surface area contributed by atoms with E-state index in [1.54, 1.807) is 0 Å². The Balaban J connectivity index is 2.07. The molecule has 2 rings (SSSR count). The summed E-state index contributed by atoms with van der Waals surface area (Å²) >= 11 is 0. The predicted octanol–water partition coefficient (Wildman–Crippen LogP) is 1.66. The molecule has 0 unspecified atom stereocenters. The van der Waals surface area contributed by atoms with E-state index in [0.717, 1.165) is 5.69 Å². The molecule has 3 N–H and O–H groups in total. The van der Waals surface area contributed by atoms with Crippen LogP contribution in [-0.4, -0.2) is 16.7 Å². The minimum atomic E-state index is 0.455. The Labute approximate surface area is 98.8 Å². The summed E-state index contributed by atoms with van der Waals surface area (Å²) in [6.45, 7) is 2.95. The lowest BCUT2D eigenvalue weighted by atomic mass is 10.2. The first-order valence-corrected chi connectivity index (χ1v) is 5.31. The van der Waals surface area contributed by atoms with E-state index in [1.165, 1.54) is 6.39 Å². The maximum atomic E-state index is 5.96. The molecule has 90 valence electrons. The molecule has 2 aromatic rings. The fourth-order valence-electron chi connectivity index (χ4n) is 1.42. The summed E-state index contributed by atoms with van der Waals surface area (Å²) in [5.74, 6) is 1.25. The molecule has 6 nitrogen and oxygen atoms in total. The van der Waals surface area contributed by atoms with Crippen molar-refractivity contribution in [1.82, 2.24) is 10.1 Å². The van der Waals surface area contributed by atoms with Crippen LogP contribution < -0.4 is 15.8 Å². The monoisotopic (exact) mass is 234 g/mol. The quantitative estimate of drug-likeness (QED) is 0.765. The van der Waals surface area contributed by atoms with Crippen LogP contribution in [0.1, 0.15) is 12.7 Å². The molecule has 17 heavy (non-hydrogen) atoms. The standard InChI is InChI=1S/C11H14N4O2/c1-2-16-9-5-3-4-8(11(9)12)13-6-10-14-7-17-15-10/h3-5,7,13H,2,6,12H2,1H3. The lowest BCUT2D eigenvalue weighted by molar-refractivity contribution is 0.342. The molecule has 0 amide bonds. The minimum Gasteiger partial charge on any atom is -0.492 e. The van der Waals surface area contributed by atoms with Crippen molar-refractivity contribution in [2.24, 2.45) is 0 Å². The van der Waals surface area contributed by atoms with E-state index < -0.39 is 0 Å². The Kier molecular flexibility index (Phi) is 3.44. The fourth-order valence-corrected chi connectivity index (χ4v) is 1.42. The first kappa shape index (κ1) is 11.3. The van der Waals surface area contributed by atoms with Gasteiger partial charge in [-0.2, -0.15) is 4.98 Å². The van der Waals surface area contributed by atoms with Gasteiger partial charge in [0.25, 0.3) is 0 Å². The third kappa shape index (κ3) is 2.66. The molecule has 0 bridgehead atoms. The van der Waals surface area contributed by atoms with E-state index in [-0.39, 0.29) is 0 Å². The van der Waals surface area contributed by atoms with E-state index in [0.29, 0.717) is 30.4 Å². The molecule has 1 aromatic carbocycles. The number of nitrogens with zero attached hydrogens (tertiary/aromatic N) is 2. The van der Waals surface area contributed by atoms with Crippen LogP contribution in [0.5, 0.6) is 5.75 Å². The van der Waals surface area contributed by atoms with Crippen molar-refractivity contribution in [1.29, 1.82) is 0 Å². The van der Waals surface area contributed by atoms with Gasteiger partial charge in [0.05, 0.1) is 24.5 Å². The topological polar surface area (TPSA) is 86.2 Å². The van der Waals surface area contributed by atoms with Crippen LogP contribution in [0, 0.1) is 0 Å². The van der Waals surface area contributed by atoms with Crippen molar-refractivity contribution in [2.45, 2.75) is 13.5 Å². The van der Waals surface area contributed by atoms with E-state index in [4.69, 9.17) is 10.5 Å². The molecule has 0 aliphatic rings. The smallest absolute Gasteiger partial charge is 0.213 e. The molecule has 0 spiro atoms. The third-order valence-corrected chi connectivity index (χ3v) is 2.21. The van der Waals surface area contributed by atoms with Gasteiger partial charge in [-0.3, -0.25) is 0 Å². The van der Waals surface area contributed by atoms with Gasteiger partial charge in [0, 0.05) is 0 Å².